The van der Waals surface area contributed by atoms with Gasteiger partial charge in [-0.05, 0) is 47.2 Å². The van der Waals surface area contributed by atoms with Crippen molar-refractivity contribution in [1.82, 2.24) is 0 Å². The monoisotopic (exact) mass is 334 g/mol. The zero-order valence-electron chi connectivity index (χ0n) is 11.7. The lowest BCUT2D eigenvalue weighted by atomic mass is 10.0. The highest BCUT2D eigenvalue weighted by atomic mass is 32.1. The van der Waals surface area contributed by atoms with Crippen molar-refractivity contribution in [3.63, 3.8) is 0 Å². The van der Waals surface area contributed by atoms with Crippen LogP contribution >= 0.6 is 34.0 Å². The summed E-state index contributed by atoms with van der Waals surface area (Å²) in [6.07, 6.45) is 2.56. The lowest BCUT2D eigenvalue weighted by Gasteiger charge is -2.11. The summed E-state index contributed by atoms with van der Waals surface area (Å²) >= 11 is 5.52. The van der Waals surface area contributed by atoms with Crippen molar-refractivity contribution < 1.29 is 4.74 Å². The highest BCUT2D eigenvalue weighted by molar-refractivity contribution is 7.13. The third kappa shape index (κ3) is 4.04. The van der Waals surface area contributed by atoms with Crippen LogP contribution in [0.5, 0.6) is 0 Å². The maximum absolute atomic E-state index is 4.94. The Bertz CT molecular complexity index is 504. The number of hydrogen-bond donors (Lipinski definition) is 0. The molecule has 0 amide bonds. The summed E-state index contributed by atoms with van der Waals surface area (Å²) in [6.45, 7) is 2.00. The van der Waals surface area contributed by atoms with Crippen LogP contribution in [-0.2, 0) is 4.74 Å². The lowest BCUT2D eigenvalue weighted by Crippen LogP contribution is -1.95. The third-order valence-electron chi connectivity index (χ3n) is 3.31. The fraction of sp³-hybridized carbons (Fsp3) is 0.294. The van der Waals surface area contributed by atoms with Crippen LogP contribution in [-0.4, -0.2) is 13.2 Å². The number of ether oxygens (including phenoxy) is 1. The van der Waals surface area contributed by atoms with E-state index in [1.54, 1.807) is 0 Å². The van der Waals surface area contributed by atoms with Crippen molar-refractivity contribution >= 4 is 34.0 Å². The van der Waals surface area contributed by atoms with Gasteiger partial charge in [0, 0.05) is 27.8 Å². The zero-order valence-corrected chi connectivity index (χ0v) is 14.2. The average Bonchev–Trinajstić information content (AvgIpc) is 3.32. The van der Waals surface area contributed by atoms with Crippen molar-refractivity contribution in [3.05, 3.63) is 67.2 Å². The molecule has 0 aromatic carbocycles. The summed E-state index contributed by atoms with van der Waals surface area (Å²) < 4.78 is 4.94. The third-order valence-corrected chi connectivity index (χ3v) is 6.12. The molecule has 3 aromatic rings. The molecule has 21 heavy (non-hydrogen) atoms. The standard InChI is InChI=1S/C13H10S3.C4H8O/c1-4-10(14-7-1)13(11-5-2-8-15-11)12-6-3-9-16-12;1-2-4-5-3-1/h1-9,13H;1-4H2. The smallest absolute Gasteiger partial charge is 0.0621 e. The van der Waals surface area contributed by atoms with E-state index in [9.17, 15) is 0 Å². The molecule has 1 aliphatic heterocycles. The number of thiophene rings is 3. The molecule has 0 spiro atoms. The predicted octanol–water partition coefficient (Wildman–Crippen LogP) is 5.85. The molecule has 0 aliphatic carbocycles. The Hall–Kier alpha value is -0.940. The zero-order chi connectivity index (χ0) is 14.3. The highest BCUT2D eigenvalue weighted by Crippen LogP contribution is 2.38. The summed E-state index contributed by atoms with van der Waals surface area (Å²) in [6, 6.07) is 13.1. The predicted molar refractivity (Wildman–Crippen MR) is 94.0 cm³/mol. The normalized spacial score (nSPS) is 14.1. The second kappa shape index (κ2) is 7.90. The van der Waals surface area contributed by atoms with E-state index in [2.05, 4.69) is 52.5 Å². The molecule has 1 saturated heterocycles. The minimum absolute atomic E-state index is 0.444. The Morgan fingerprint density at radius 1 is 0.714 bits per heavy atom. The minimum atomic E-state index is 0.444. The average molecular weight is 335 g/mol. The number of rotatable bonds is 3. The molecular weight excluding hydrogens is 316 g/mol. The van der Waals surface area contributed by atoms with Gasteiger partial charge < -0.3 is 4.74 Å². The van der Waals surface area contributed by atoms with Crippen LogP contribution in [0.1, 0.15) is 33.4 Å². The van der Waals surface area contributed by atoms with E-state index < -0.39 is 0 Å². The molecule has 3 aromatic heterocycles. The van der Waals surface area contributed by atoms with Crippen LogP contribution in [0.15, 0.2) is 52.5 Å². The van der Waals surface area contributed by atoms with Gasteiger partial charge in [-0.3, -0.25) is 0 Å². The van der Waals surface area contributed by atoms with Crippen LogP contribution < -0.4 is 0 Å². The summed E-state index contributed by atoms with van der Waals surface area (Å²) in [5, 5.41) is 6.47. The van der Waals surface area contributed by atoms with Crippen LogP contribution in [0.4, 0.5) is 0 Å². The van der Waals surface area contributed by atoms with Gasteiger partial charge in [0.15, 0.2) is 0 Å². The topological polar surface area (TPSA) is 9.23 Å². The van der Waals surface area contributed by atoms with Gasteiger partial charge in [0.1, 0.15) is 0 Å². The second-order valence-corrected chi connectivity index (χ2v) is 7.74. The lowest BCUT2D eigenvalue weighted by molar-refractivity contribution is 0.198. The van der Waals surface area contributed by atoms with Gasteiger partial charge in [-0.2, -0.15) is 0 Å². The molecule has 110 valence electrons. The molecule has 0 N–H and O–H groups in total. The Morgan fingerprint density at radius 3 is 1.38 bits per heavy atom. The second-order valence-electron chi connectivity index (χ2n) is 4.80. The molecule has 1 nitrogen and oxygen atoms in total. The molecule has 0 unspecified atom stereocenters. The first-order valence-electron chi connectivity index (χ1n) is 7.13. The van der Waals surface area contributed by atoms with E-state index in [-0.39, 0.29) is 0 Å². The first kappa shape index (κ1) is 15.0. The molecule has 0 atom stereocenters. The van der Waals surface area contributed by atoms with Gasteiger partial charge in [-0.15, -0.1) is 34.0 Å². The molecule has 4 heteroatoms. The van der Waals surface area contributed by atoms with Gasteiger partial charge in [0.05, 0.1) is 5.92 Å². The summed E-state index contributed by atoms with van der Waals surface area (Å²) in [5.74, 6) is 0.444. The quantitative estimate of drug-likeness (QED) is 0.584. The fourth-order valence-corrected chi connectivity index (χ4v) is 5.11. The molecule has 4 rings (SSSR count). The van der Waals surface area contributed by atoms with Crippen molar-refractivity contribution in [2.24, 2.45) is 0 Å². The largest absolute Gasteiger partial charge is 0.381 e. The Balaban J connectivity index is 0.000000225. The molecular formula is C17H18OS3. The van der Waals surface area contributed by atoms with Gasteiger partial charge in [-0.1, -0.05) is 18.2 Å². The van der Waals surface area contributed by atoms with Gasteiger partial charge in [0.25, 0.3) is 0 Å². The summed E-state index contributed by atoms with van der Waals surface area (Å²) in [4.78, 5) is 4.31. The highest BCUT2D eigenvalue weighted by Gasteiger charge is 2.19. The van der Waals surface area contributed by atoms with Gasteiger partial charge >= 0.3 is 0 Å². The first-order chi connectivity index (χ1) is 10.4. The van der Waals surface area contributed by atoms with E-state index in [0.29, 0.717) is 5.92 Å². The Morgan fingerprint density at radius 2 is 1.14 bits per heavy atom. The first-order valence-corrected chi connectivity index (χ1v) is 9.77. The van der Waals surface area contributed by atoms with Crippen LogP contribution in [0.25, 0.3) is 0 Å². The minimum Gasteiger partial charge on any atom is -0.381 e. The Kier molecular flexibility index (Phi) is 5.63. The van der Waals surface area contributed by atoms with Crippen molar-refractivity contribution in [2.45, 2.75) is 18.8 Å². The van der Waals surface area contributed by atoms with Crippen molar-refractivity contribution in [2.75, 3.05) is 13.2 Å². The number of hydrogen-bond acceptors (Lipinski definition) is 4. The maximum atomic E-state index is 4.94. The maximum Gasteiger partial charge on any atom is 0.0621 e. The molecule has 4 heterocycles. The summed E-state index contributed by atoms with van der Waals surface area (Å²) in [5.41, 5.74) is 0. The van der Waals surface area contributed by atoms with E-state index in [1.165, 1.54) is 27.5 Å². The SMILES string of the molecule is C1CCOC1.c1csc(C(c2cccs2)c2cccs2)c1. The van der Waals surface area contributed by atoms with E-state index in [4.69, 9.17) is 4.74 Å². The van der Waals surface area contributed by atoms with Gasteiger partial charge in [-0.25, -0.2) is 0 Å². The summed E-state index contributed by atoms with van der Waals surface area (Å²) in [7, 11) is 0. The van der Waals surface area contributed by atoms with Crippen LogP contribution in [0.3, 0.4) is 0 Å². The van der Waals surface area contributed by atoms with Crippen LogP contribution in [0, 0.1) is 0 Å². The molecule has 0 bridgehead atoms. The van der Waals surface area contributed by atoms with Crippen LogP contribution in [0.2, 0.25) is 0 Å². The molecule has 0 saturated carbocycles. The van der Waals surface area contributed by atoms with E-state index >= 15 is 0 Å². The molecule has 0 radical (unpaired) electrons. The van der Waals surface area contributed by atoms with Gasteiger partial charge in [0.2, 0.25) is 0 Å². The Labute approximate surface area is 137 Å². The van der Waals surface area contributed by atoms with Crippen molar-refractivity contribution in [1.29, 1.82) is 0 Å². The molecule has 1 aliphatic rings. The van der Waals surface area contributed by atoms with E-state index in [0.717, 1.165) is 13.2 Å². The van der Waals surface area contributed by atoms with E-state index in [1.807, 2.05) is 34.0 Å². The molecule has 1 fully saturated rings. The fourth-order valence-electron chi connectivity index (χ4n) is 2.30. The van der Waals surface area contributed by atoms with Crippen molar-refractivity contribution in [3.8, 4) is 0 Å².